The molecule has 5 nitrogen and oxygen atoms in total. The second-order valence-corrected chi connectivity index (χ2v) is 8.18. The van der Waals surface area contributed by atoms with E-state index >= 15 is 0 Å². The maximum absolute atomic E-state index is 12.6. The van der Waals surface area contributed by atoms with Crippen LogP contribution in [0.3, 0.4) is 0 Å². The van der Waals surface area contributed by atoms with Gasteiger partial charge in [0, 0.05) is 31.6 Å². The fraction of sp³-hybridized carbons (Fsp3) is 0.600. The number of aryl methyl sites for hydroxylation is 1. The Labute approximate surface area is 149 Å². The van der Waals surface area contributed by atoms with E-state index in [-0.39, 0.29) is 29.4 Å². The van der Waals surface area contributed by atoms with E-state index in [4.69, 9.17) is 4.74 Å². The van der Waals surface area contributed by atoms with Crippen molar-refractivity contribution in [3.05, 3.63) is 35.4 Å². The number of amides is 2. The van der Waals surface area contributed by atoms with Crippen molar-refractivity contribution >= 4 is 11.8 Å². The van der Waals surface area contributed by atoms with Crippen molar-refractivity contribution in [1.82, 2.24) is 9.80 Å². The molecule has 0 bridgehead atoms. The summed E-state index contributed by atoms with van der Waals surface area (Å²) in [6, 6.07) is 8.18. The van der Waals surface area contributed by atoms with Crippen LogP contribution in [-0.2, 0) is 20.9 Å². The SMILES string of the molecule is Cc1ccccc1COC1CN(C(=O)C2CC(=O)N(C(C)(C)C)C2)C1. The molecule has 0 radical (unpaired) electrons. The lowest BCUT2D eigenvalue weighted by atomic mass is 10.0. The first kappa shape index (κ1) is 17.9. The molecule has 0 saturated carbocycles. The van der Waals surface area contributed by atoms with Crippen molar-refractivity contribution in [1.29, 1.82) is 0 Å². The summed E-state index contributed by atoms with van der Waals surface area (Å²) in [5.41, 5.74) is 2.19. The minimum atomic E-state index is -0.222. The minimum absolute atomic E-state index is 0.0822. The summed E-state index contributed by atoms with van der Waals surface area (Å²) in [6.07, 6.45) is 0.431. The number of ether oxygens (including phenoxy) is 1. The van der Waals surface area contributed by atoms with E-state index in [0.29, 0.717) is 32.7 Å². The van der Waals surface area contributed by atoms with Crippen LogP contribution in [0.4, 0.5) is 0 Å². The highest BCUT2D eigenvalue weighted by molar-refractivity contribution is 5.90. The summed E-state index contributed by atoms with van der Waals surface area (Å²) >= 11 is 0. The average molecular weight is 344 g/mol. The van der Waals surface area contributed by atoms with Gasteiger partial charge in [-0.15, -0.1) is 0 Å². The lowest BCUT2D eigenvalue weighted by molar-refractivity contribution is -0.150. The van der Waals surface area contributed by atoms with Crippen LogP contribution in [-0.4, -0.2) is 52.9 Å². The number of hydrogen-bond acceptors (Lipinski definition) is 3. The minimum Gasteiger partial charge on any atom is -0.370 e. The summed E-state index contributed by atoms with van der Waals surface area (Å²) in [7, 11) is 0. The summed E-state index contributed by atoms with van der Waals surface area (Å²) in [5, 5.41) is 0. The van der Waals surface area contributed by atoms with Gasteiger partial charge in [-0.2, -0.15) is 0 Å². The predicted molar refractivity (Wildman–Crippen MR) is 95.9 cm³/mol. The van der Waals surface area contributed by atoms with E-state index < -0.39 is 0 Å². The van der Waals surface area contributed by atoms with E-state index in [9.17, 15) is 9.59 Å². The maximum Gasteiger partial charge on any atom is 0.228 e. The number of carbonyl (C=O) groups is 2. The highest BCUT2D eigenvalue weighted by Crippen LogP contribution is 2.28. The van der Waals surface area contributed by atoms with Crippen molar-refractivity contribution in [2.45, 2.75) is 52.4 Å². The summed E-state index contributed by atoms with van der Waals surface area (Å²) < 4.78 is 5.91. The van der Waals surface area contributed by atoms with Gasteiger partial charge in [0.2, 0.25) is 11.8 Å². The average Bonchev–Trinajstić information content (AvgIpc) is 2.89. The number of benzene rings is 1. The molecule has 2 fully saturated rings. The zero-order chi connectivity index (χ0) is 18.2. The van der Waals surface area contributed by atoms with Crippen LogP contribution < -0.4 is 0 Å². The van der Waals surface area contributed by atoms with Crippen molar-refractivity contribution in [2.75, 3.05) is 19.6 Å². The monoisotopic (exact) mass is 344 g/mol. The second kappa shape index (κ2) is 6.79. The fourth-order valence-electron chi connectivity index (χ4n) is 3.48. The molecule has 0 aromatic heterocycles. The number of carbonyl (C=O) groups excluding carboxylic acids is 2. The Morgan fingerprint density at radius 2 is 1.88 bits per heavy atom. The van der Waals surface area contributed by atoms with Gasteiger partial charge in [-0.3, -0.25) is 9.59 Å². The van der Waals surface area contributed by atoms with Gasteiger partial charge in [0.15, 0.2) is 0 Å². The molecule has 2 amide bonds. The van der Waals surface area contributed by atoms with Crippen LogP contribution in [0, 0.1) is 12.8 Å². The molecule has 5 heteroatoms. The highest BCUT2D eigenvalue weighted by Gasteiger charge is 2.43. The van der Waals surface area contributed by atoms with Gasteiger partial charge in [0.25, 0.3) is 0 Å². The molecule has 2 aliphatic heterocycles. The summed E-state index contributed by atoms with van der Waals surface area (Å²) in [6.45, 7) is 10.5. The van der Waals surface area contributed by atoms with Gasteiger partial charge in [0.1, 0.15) is 0 Å². The summed E-state index contributed by atoms with van der Waals surface area (Å²) in [5.74, 6) is -0.0291. The highest BCUT2D eigenvalue weighted by atomic mass is 16.5. The number of hydrogen-bond donors (Lipinski definition) is 0. The molecule has 0 N–H and O–H groups in total. The number of rotatable bonds is 4. The van der Waals surface area contributed by atoms with E-state index in [1.807, 2.05) is 42.7 Å². The molecule has 2 saturated heterocycles. The van der Waals surface area contributed by atoms with Crippen molar-refractivity contribution < 1.29 is 14.3 Å². The third-order valence-corrected chi connectivity index (χ3v) is 5.18. The van der Waals surface area contributed by atoms with Crippen LogP contribution in [0.15, 0.2) is 24.3 Å². The molecule has 1 aromatic rings. The maximum atomic E-state index is 12.6. The fourth-order valence-corrected chi connectivity index (χ4v) is 3.48. The Balaban J connectivity index is 1.46. The largest absolute Gasteiger partial charge is 0.370 e. The standard InChI is InChI=1S/C20H28N2O3/c1-14-7-5-6-8-15(14)13-25-17-11-21(12-17)19(24)16-9-18(23)22(10-16)20(2,3)4/h5-8,16-17H,9-13H2,1-4H3. The quantitative estimate of drug-likeness (QED) is 0.843. The first-order valence-electron chi connectivity index (χ1n) is 9.01. The molecule has 1 atom stereocenters. The number of likely N-dealkylation sites (tertiary alicyclic amines) is 2. The molecule has 1 aromatic carbocycles. The third-order valence-electron chi connectivity index (χ3n) is 5.18. The normalized spacial score (nSPS) is 21.6. The van der Waals surface area contributed by atoms with Crippen molar-refractivity contribution in [3.63, 3.8) is 0 Å². The van der Waals surface area contributed by atoms with Crippen LogP contribution in [0.5, 0.6) is 0 Å². The van der Waals surface area contributed by atoms with Crippen molar-refractivity contribution in [2.24, 2.45) is 5.92 Å². The predicted octanol–water partition coefficient (Wildman–Crippen LogP) is 2.37. The molecule has 2 heterocycles. The van der Waals surface area contributed by atoms with Gasteiger partial charge in [-0.1, -0.05) is 24.3 Å². The smallest absolute Gasteiger partial charge is 0.228 e. The zero-order valence-electron chi connectivity index (χ0n) is 15.6. The van der Waals surface area contributed by atoms with Gasteiger partial charge >= 0.3 is 0 Å². The van der Waals surface area contributed by atoms with Gasteiger partial charge in [-0.05, 0) is 38.8 Å². The molecule has 25 heavy (non-hydrogen) atoms. The van der Waals surface area contributed by atoms with Crippen LogP contribution in [0.25, 0.3) is 0 Å². The lowest BCUT2D eigenvalue weighted by Crippen LogP contribution is -2.56. The topological polar surface area (TPSA) is 49.9 Å². The third kappa shape index (κ3) is 3.87. The van der Waals surface area contributed by atoms with Crippen LogP contribution >= 0.6 is 0 Å². The van der Waals surface area contributed by atoms with E-state index in [1.54, 1.807) is 0 Å². The molecule has 1 unspecified atom stereocenters. The Bertz CT molecular complexity index is 659. The molecule has 3 rings (SSSR count). The van der Waals surface area contributed by atoms with Gasteiger partial charge in [-0.25, -0.2) is 0 Å². The Morgan fingerprint density at radius 1 is 1.20 bits per heavy atom. The van der Waals surface area contributed by atoms with E-state index in [0.717, 1.165) is 0 Å². The molecular formula is C20H28N2O3. The molecule has 2 aliphatic rings. The second-order valence-electron chi connectivity index (χ2n) is 8.18. The molecule has 0 aliphatic carbocycles. The van der Waals surface area contributed by atoms with Crippen LogP contribution in [0.1, 0.15) is 38.3 Å². The number of nitrogens with zero attached hydrogens (tertiary/aromatic N) is 2. The summed E-state index contributed by atoms with van der Waals surface area (Å²) in [4.78, 5) is 28.4. The van der Waals surface area contributed by atoms with Crippen molar-refractivity contribution in [3.8, 4) is 0 Å². The Kier molecular flexibility index (Phi) is 4.87. The molecule has 0 spiro atoms. The lowest BCUT2D eigenvalue weighted by Gasteiger charge is -2.40. The first-order valence-corrected chi connectivity index (χ1v) is 9.01. The molecular weight excluding hydrogens is 316 g/mol. The van der Waals surface area contributed by atoms with E-state index in [1.165, 1.54) is 11.1 Å². The first-order chi connectivity index (χ1) is 11.8. The van der Waals surface area contributed by atoms with E-state index in [2.05, 4.69) is 19.1 Å². The Morgan fingerprint density at radius 3 is 2.48 bits per heavy atom. The van der Waals surface area contributed by atoms with Gasteiger partial charge < -0.3 is 14.5 Å². The van der Waals surface area contributed by atoms with Gasteiger partial charge in [0.05, 0.1) is 18.6 Å². The zero-order valence-corrected chi connectivity index (χ0v) is 15.6. The van der Waals surface area contributed by atoms with Crippen LogP contribution in [0.2, 0.25) is 0 Å². The Hall–Kier alpha value is -1.88. The molecule has 136 valence electrons.